The minimum absolute atomic E-state index is 0.0250. The molecule has 3 heterocycles. The lowest BCUT2D eigenvalue weighted by Crippen LogP contribution is -2.39. The molecule has 8 nitrogen and oxygen atoms in total. The van der Waals surface area contributed by atoms with Crippen LogP contribution >= 0.6 is 0 Å². The molecule has 2 saturated heterocycles. The number of amides is 1. The number of Topliss-reactive ketones (excluding diaryl/α,β-unsaturated/α-hetero) is 1. The molecule has 2 aromatic rings. The zero-order chi connectivity index (χ0) is 25.2. The molecule has 0 radical (unpaired) electrons. The van der Waals surface area contributed by atoms with Crippen molar-refractivity contribution in [1.29, 1.82) is 0 Å². The number of aliphatic hydroxyl groups is 1. The van der Waals surface area contributed by atoms with Gasteiger partial charge < -0.3 is 29.1 Å². The van der Waals surface area contributed by atoms with Crippen LogP contribution in [0.3, 0.4) is 0 Å². The normalized spacial score (nSPS) is 21.4. The SMILES string of the molecule is CC(C)Oc1ccc(C2/C(=C(\O)c3ccc4c(c3)OCO4)C(=O)C(=O)N2CCN2CCCCC2)cc1. The van der Waals surface area contributed by atoms with Crippen molar-refractivity contribution in [2.24, 2.45) is 0 Å². The first-order chi connectivity index (χ1) is 17.4. The molecule has 1 unspecified atom stereocenters. The van der Waals surface area contributed by atoms with Crippen LogP contribution in [0.5, 0.6) is 17.2 Å². The van der Waals surface area contributed by atoms with E-state index in [9.17, 15) is 14.7 Å². The highest BCUT2D eigenvalue weighted by atomic mass is 16.7. The molecule has 0 saturated carbocycles. The van der Waals surface area contributed by atoms with Crippen LogP contribution in [0.4, 0.5) is 0 Å². The zero-order valence-corrected chi connectivity index (χ0v) is 20.7. The molecule has 0 bridgehead atoms. The maximum absolute atomic E-state index is 13.3. The van der Waals surface area contributed by atoms with Crippen LogP contribution < -0.4 is 14.2 Å². The maximum Gasteiger partial charge on any atom is 0.295 e. The highest BCUT2D eigenvalue weighted by molar-refractivity contribution is 6.46. The molecule has 0 aromatic heterocycles. The fourth-order valence-corrected chi connectivity index (χ4v) is 5.09. The number of nitrogens with zero attached hydrogens (tertiary/aromatic N) is 2. The lowest BCUT2D eigenvalue weighted by molar-refractivity contribution is -0.140. The van der Waals surface area contributed by atoms with Crippen LogP contribution in [-0.4, -0.2) is 65.7 Å². The minimum Gasteiger partial charge on any atom is -0.507 e. The number of hydrogen-bond acceptors (Lipinski definition) is 7. The Hall–Kier alpha value is -3.52. The van der Waals surface area contributed by atoms with Gasteiger partial charge in [-0.15, -0.1) is 0 Å². The molecule has 1 atom stereocenters. The van der Waals surface area contributed by atoms with E-state index in [1.54, 1.807) is 23.1 Å². The summed E-state index contributed by atoms with van der Waals surface area (Å²) in [5, 5.41) is 11.3. The Kier molecular flexibility index (Phi) is 6.87. The van der Waals surface area contributed by atoms with Gasteiger partial charge in [0.1, 0.15) is 11.5 Å². The maximum atomic E-state index is 13.3. The number of piperidine rings is 1. The summed E-state index contributed by atoms with van der Waals surface area (Å²) in [6.07, 6.45) is 3.53. The Morgan fingerprint density at radius 2 is 1.72 bits per heavy atom. The summed E-state index contributed by atoms with van der Waals surface area (Å²) in [5.41, 5.74) is 1.22. The third-order valence-corrected chi connectivity index (χ3v) is 6.86. The van der Waals surface area contributed by atoms with Crippen molar-refractivity contribution in [3.8, 4) is 17.2 Å². The molecule has 5 rings (SSSR count). The molecule has 2 aromatic carbocycles. The largest absolute Gasteiger partial charge is 0.507 e. The number of ketones is 1. The molecule has 36 heavy (non-hydrogen) atoms. The number of carbonyl (C=O) groups is 2. The summed E-state index contributed by atoms with van der Waals surface area (Å²) < 4.78 is 16.6. The second-order valence-electron chi connectivity index (χ2n) is 9.70. The van der Waals surface area contributed by atoms with Crippen molar-refractivity contribution in [2.75, 3.05) is 33.0 Å². The Bertz CT molecular complexity index is 1170. The first-order valence-corrected chi connectivity index (χ1v) is 12.6. The number of benzene rings is 2. The summed E-state index contributed by atoms with van der Waals surface area (Å²) in [6, 6.07) is 11.7. The van der Waals surface area contributed by atoms with Gasteiger partial charge in [0.05, 0.1) is 17.7 Å². The number of rotatable bonds is 7. The molecular formula is C28H32N2O6. The highest BCUT2D eigenvalue weighted by Crippen LogP contribution is 2.41. The van der Waals surface area contributed by atoms with Gasteiger partial charge in [0, 0.05) is 18.7 Å². The summed E-state index contributed by atoms with van der Waals surface area (Å²) in [5.74, 6) is 0.267. The van der Waals surface area contributed by atoms with Crippen molar-refractivity contribution in [3.05, 3.63) is 59.2 Å². The fraction of sp³-hybridized carbons (Fsp3) is 0.429. The molecule has 1 amide bonds. The van der Waals surface area contributed by atoms with Gasteiger partial charge in [-0.1, -0.05) is 18.6 Å². The van der Waals surface area contributed by atoms with Crippen LogP contribution in [-0.2, 0) is 9.59 Å². The van der Waals surface area contributed by atoms with Crippen LogP contribution in [0.2, 0.25) is 0 Å². The van der Waals surface area contributed by atoms with E-state index in [2.05, 4.69) is 4.90 Å². The molecule has 1 N–H and O–H groups in total. The molecule has 3 aliphatic heterocycles. The first kappa shape index (κ1) is 24.2. The third-order valence-electron chi connectivity index (χ3n) is 6.86. The van der Waals surface area contributed by atoms with Crippen molar-refractivity contribution in [2.45, 2.75) is 45.3 Å². The molecule has 0 spiro atoms. The first-order valence-electron chi connectivity index (χ1n) is 12.6. The third kappa shape index (κ3) is 4.78. The average molecular weight is 493 g/mol. The van der Waals surface area contributed by atoms with Gasteiger partial charge in [0.2, 0.25) is 6.79 Å². The average Bonchev–Trinajstić information content (AvgIpc) is 3.45. The topological polar surface area (TPSA) is 88.5 Å². The molecule has 190 valence electrons. The predicted molar refractivity (Wildman–Crippen MR) is 134 cm³/mol. The van der Waals surface area contributed by atoms with Gasteiger partial charge in [-0.05, 0) is 75.7 Å². The van der Waals surface area contributed by atoms with Gasteiger partial charge in [-0.3, -0.25) is 9.59 Å². The molecule has 0 aliphatic carbocycles. The van der Waals surface area contributed by atoms with Crippen LogP contribution in [0, 0.1) is 0 Å². The van der Waals surface area contributed by atoms with Gasteiger partial charge in [0.25, 0.3) is 11.7 Å². The minimum atomic E-state index is -0.701. The highest BCUT2D eigenvalue weighted by Gasteiger charge is 2.46. The molecule has 8 heteroatoms. The summed E-state index contributed by atoms with van der Waals surface area (Å²) in [7, 11) is 0. The van der Waals surface area contributed by atoms with Crippen LogP contribution in [0.15, 0.2) is 48.0 Å². The van der Waals surface area contributed by atoms with E-state index in [1.807, 2.05) is 38.1 Å². The van der Waals surface area contributed by atoms with Gasteiger partial charge in [0.15, 0.2) is 11.5 Å². The van der Waals surface area contributed by atoms with Crippen LogP contribution in [0.25, 0.3) is 5.76 Å². The van der Waals surface area contributed by atoms with Gasteiger partial charge >= 0.3 is 0 Å². The van der Waals surface area contributed by atoms with E-state index in [-0.39, 0.29) is 24.2 Å². The van der Waals surface area contributed by atoms with Crippen molar-refractivity contribution < 1.29 is 28.9 Å². The summed E-state index contributed by atoms with van der Waals surface area (Å²) in [6.45, 7) is 7.08. The second kappa shape index (κ2) is 10.2. The Morgan fingerprint density at radius 3 is 2.44 bits per heavy atom. The summed E-state index contributed by atoms with van der Waals surface area (Å²) >= 11 is 0. The van der Waals surface area contributed by atoms with Crippen molar-refractivity contribution in [1.82, 2.24) is 9.80 Å². The lowest BCUT2D eigenvalue weighted by Gasteiger charge is -2.31. The number of carbonyl (C=O) groups excluding carboxylic acids is 2. The van der Waals surface area contributed by atoms with Crippen molar-refractivity contribution in [3.63, 3.8) is 0 Å². The monoisotopic (exact) mass is 492 g/mol. The summed E-state index contributed by atoms with van der Waals surface area (Å²) in [4.78, 5) is 30.5. The van der Waals surface area contributed by atoms with E-state index >= 15 is 0 Å². The molecule has 2 fully saturated rings. The number of fused-ring (bicyclic) bond motifs is 1. The van der Waals surface area contributed by atoms with E-state index in [0.717, 1.165) is 31.5 Å². The van der Waals surface area contributed by atoms with Gasteiger partial charge in [-0.25, -0.2) is 0 Å². The predicted octanol–water partition coefficient (Wildman–Crippen LogP) is 4.11. The number of likely N-dealkylation sites (tertiary alicyclic amines) is 2. The van der Waals surface area contributed by atoms with Crippen molar-refractivity contribution >= 4 is 17.4 Å². The van der Waals surface area contributed by atoms with E-state index in [4.69, 9.17) is 14.2 Å². The zero-order valence-electron chi connectivity index (χ0n) is 20.7. The standard InChI is InChI=1S/C28H32N2O6/c1-18(2)36-21-9-6-19(7-10-21)25-24(26(31)20-8-11-22-23(16-20)35-17-34-22)27(32)28(33)30(25)15-14-29-12-4-3-5-13-29/h6-11,16,18,25,31H,3-5,12-15,17H2,1-2H3/b26-24+. The fourth-order valence-electron chi connectivity index (χ4n) is 5.09. The molecular weight excluding hydrogens is 460 g/mol. The van der Waals surface area contributed by atoms with E-state index in [0.29, 0.717) is 35.9 Å². The van der Waals surface area contributed by atoms with Crippen LogP contribution in [0.1, 0.15) is 50.3 Å². The smallest absolute Gasteiger partial charge is 0.295 e. The lowest BCUT2D eigenvalue weighted by atomic mass is 9.95. The quantitative estimate of drug-likeness (QED) is 0.354. The number of hydrogen-bond donors (Lipinski definition) is 1. The number of ether oxygens (including phenoxy) is 3. The Labute approximate surface area is 211 Å². The second-order valence-corrected chi connectivity index (χ2v) is 9.70. The van der Waals surface area contributed by atoms with E-state index in [1.165, 1.54) is 6.42 Å². The van der Waals surface area contributed by atoms with E-state index < -0.39 is 17.7 Å². The Morgan fingerprint density at radius 1 is 1.00 bits per heavy atom. The number of aliphatic hydroxyl groups excluding tert-OH is 1. The van der Waals surface area contributed by atoms with Gasteiger partial charge in [-0.2, -0.15) is 0 Å². The Balaban J connectivity index is 1.52. The molecule has 3 aliphatic rings.